The summed E-state index contributed by atoms with van der Waals surface area (Å²) in [4.78, 5) is 8.65. The van der Waals surface area contributed by atoms with Gasteiger partial charge in [-0.15, -0.1) is 11.3 Å². The normalized spacial score (nSPS) is 20.8. The number of likely N-dealkylation sites (tertiary alicyclic amines) is 1. The van der Waals surface area contributed by atoms with Crippen molar-refractivity contribution >= 4 is 11.3 Å². The van der Waals surface area contributed by atoms with E-state index in [1.54, 1.807) is 0 Å². The summed E-state index contributed by atoms with van der Waals surface area (Å²) < 4.78 is 0. The molecule has 1 aliphatic heterocycles. The van der Waals surface area contributed by atoms with Gasteiger partial charge in [0.05, 0.1) is 5.01 Å². The zero-order valence-electron chi connectivity index (χ0n) is 12.3. The van der Waals surface area contributed by atoms with Crippen molar-refractivity contribution in [3.05, 3.63) is 16.1 Å². The highest BCUT2D eigenvalue weighted by atomic mass is 32.1. The number of nitrogens with zero attached hydrogens (tertiary/aromatic N) is 2. The number of hydrogen-bond acceptors (Lipinski definition) is 4. The van der Waals surface area contributed by atoms with Crippen LogP contribution in [-0.2, 0) is 12.8 Å². The number of rotatable bonds is 7. The Morgan fingerprint density at radius 2 is 2.42 bits per heavy atom. The SMILES string of the molecule is CCN1CCCC(Cc2ncc(CCCNC)s2)C1. The molecule has 1 aliphatic rings. The van der Waals surface area contributed by atoms with Crippen LogP contribution < -0.4 is 5.32 Å². The predicted octanol–water partition coefficient (Wildman–Crippen LogP) is 2.57. The Morgan fingerprint density at radius 3 is 3.21 bits per heavy atom. The minimum absolute atomic E-state index is 0.824. The van der Waals surface area contributed by atoms with E-state index in [9.17, 15) is 0 Å². The molecule has 0 amide bonds. The standard InChI is InChI=1S/C15H27N3S/c1-3-18-9-5-6-13(12-18)10-15-17-11-14(19-15)7-4-8-16-2/h11,13,16H,3-10,12H2,1-2H3. The van der Waals surface area contributed by atoms with Gasteiger partial charge in [-0.2, -0.15) is 0 Å². The Bertz CT molecular complexity index is 364. The molecule has 0 saturated carbocycles. The summed E-state index contributed by atoms with van der Waals surface area (Å²) in [5.74, 6) is 0.824. The summed E-state index contributed by atoms with van der Waals surface area (Å²) >= 11 is 1.93. The van der Waals surface area contributed by atoms with Crippen LogP contribution in [0.4, 0.5) is 0 Å². The summed E-state index contributed by atoms with van der Waals surface area (Å²) in [6.45, 7) is 7.13. The molecule has 0 aliphatic carbocycles. The molecule has 1 unspecified atom stereocenters. The van der Waals surface area contributed by atoms with Gasteiger partial charge in [0.1, 0.15) is 0 Å². The van der Waals surface area contributed by atoms with Crippen molar-refractivity contribution in [1.29, 1.82) is 0 Å². The van der Waals surface area contributed by atoms with Gasteiger partial charge < -0.3 is 10.2 Å². The third kappa shape index (κ3) is 4.86. The molecule has 2 heterocycles. The Hall–Kier alpha value is -0.450. The van der Waals surface area contributed by atoms with E-state index < -0.39 is 0 Å². The van der Waals surface area contributed by atoms with Gasteiger partial charge in [-0.25, -0.2) is 4.98 Å². The van der Waals surface area contributed by atoms with Crippen LogP contribution in [-0.4, -0.2) is 43.1 Å². The second-order valence-electron chi connectivity index (χ2n) is 5.53. The van der Waals surface area contributed by atoms with E-state index >= 15 is 0 Å². The number of piperidine rings is 1. The van der Waals surface area contributed by atoms with E-state index in [0.29, 0.717) is 0 Å². The van der Waals surface area contributed by atoms with Crippen molar-refractivity contribution in [2.24, 2.45) is 5.92 Å². The molecular weight excluding hydrogens is 254 g/mol. The van der Waals surface area contributed by atoms with E-state index in [1.807, 2.05) is 18.4 Å². The Balaban J connectivity index is 1.78. The lowest BCUT2D eigenvalue weighted by molar-refractivity contribution is 0.182. The van der Waals surface area contributed by atoms with Gasteiger partial charge in [0.2, 0.25) is 0 Å². The van der Waals surface area contributed by atoms with Crippen molar-refractivity contribution in [2.75, 3.05) is 33.2 Å². The van der Waals surface area contributed by atoms with Gasteiger partial charge in [0.15, 0.2) is 0 Å². The first kappa shape index (κ1) is 14.9. The van der Waals surface area contributed by atoms with Crippen molar-refractivity contribution < 1.29 is 0 Å². The monoisotopic (exact) mass is 281 g/mol. The van der Waals surface area contributed by atoms with E-state index in [-0.39, 0.29) is 0 Å². The van der Waals surface area contributed by atoms with Crippen LogP contribution >= 0.6 is 11.3 Å². The maximum absolute atomic E-state index is 4.62. The summed E-state index contributed by atoms with van der Waals surface area (Å²) in [5, 5.41) is 4.55. The molecule has 1 aromatic rings. The Morgan fingerprint density at radius 1 is 1.53 bits per heavy atom. The Kier molecular flexibility index (Phi) is 6.28. The first-order valence-electron chi connectivity index (χ1n) is 7.62. The molecule has 0 radical (unpaired) electrons. The van der Waals surface area contributed by atoms with Crippen LogP contribution in [0.25, 0.3) is 0 Å². The molecule has 0 spiro atoms. The zero-order valence-corrected chi connectivity index (χ0v) is 13.1. The van der Waals surface area contributed by atoms with Gasteiger partial charge in [0.25, 0.3) is 0 Å². The van der Waals surface area contributed by atoms with Gasteiger partial charge in [-0.05, 0) is 58.3 Å². The average Bonchev–Trinajstić information content (AvgIpc) is 2.87. The van der Waals surface area contributed by atoms with Gasteiger partial charge >= 0.3 is 0 Å². The molecule has 1 aromatic heterocycles. The van der Waals surface area contributed by atoms with E-state index in [0.717, 1.165) is 12.5 Å². The summed E-state index contributed by atoms with van der Waals surface area (Å²) in [6.07, 6.45) is 8.41. The molecule has 3 nitrogen and oxygen atoms in total. The zero-order chi connectivity index (χ0) is 13.5. The van der Waals surface area contributed by atoms with Crippen molar-refractivity contribution in [3.8, 4) is 0 Å². The van der Waals surface area contributed by atoms with Crippen LogP contribution in [0.1, 0.15) is 36.1 Å². The molecule has 1 N–H and O–H groups in total. The first-order valence-corrected chi connectivity index (χ1v) is 8.44. The summed E-state index contributed by atoms with van der Waals surface area (Å²) in [6, 6.07) is 0. The number of nitrogens with one attached hydrogen (secondary N) is 1. The lowest BCUT2D eigenvalue weighted by Crippen LogP contribution is -2.35. The molecular formula is C15H27N3S. The molecule has 108 valence electrons. The average molecular weight is 281 g/mol. The molecule has 0 bridgehead atoms. The van der Waals surface area contributed by atoms with Crippen LogP contribution in [0.5, 0.6) is 0 Å². The fourth-order valence-electron chi connectivity index (χ4n) is 2.85. The molecule has 1 saturated heterocycles. The summed E-state index contributed by atoms with van der Waals surface area (Å²) in [7, 11) is 2.01. The van der Waals surface area contributed by atoms with Crippen molar-refractivity contribution in [1.82, 2.24) is 15.2 Å². The van der Waals surface area contributed by atoms with Crippen LogP contribution in [0.3, 0.4) is 0 Å². The van der Waals surface area contributed by atoms with Crippen LogP contribution in [0, 0.1) is 5.92 Å². The molecule has 2 rings (SSSR count). The lowest BCUT2D eigenvalue weighted by Gasteiger charge is -2.31. The van der Waals surface area contributed by atoms with Gasteiger partial charge in [0, 0.05) is 24.0 Å². The fourth-order valence-corrected chi connectivity index (χ4v) is 3.93. The summed E-state index contributed by atoms with van der Waals surface area (Å²) in [5.41, 5.74) is 0. The highest BCUT2D eigenvalue weighted by Crippen LogP contribution is 2.23. The number of aryl methyl sites for hydroxylation is 1. The first-order chi connectivity index (χ1) is 9.31. The number of thiazole rings is 1. The largest absolute Gasteiger partial charge is 0.320 e. The van der Waals surface area contributed by atoms with Crippen molar-refractivity contribution in [3.63, 3.8) is 0 Å². The third-order valence-electron chi connectivity index (χ3n) is 3.97. The van der Waals surface area contributed by atoms with Crippen LogP contribution in [0.15, 0.2) is 6.20 Å². The molecule has 1 fully saturated rings. The second kappa shape index (κ2) is 7.98. The molecule has 4 heteroatoms. The van der Waals surface area contributed by atoms with Crippen molar-refractivity contribution in [2.45, 2.75) is 39.0 Å². The topological polar surface area (TPSA) is 28.2 Å². The highest BCUT2D eigenvalue weighted by Gasteiger charge is 2.20. The van der Waals surface area contributed by atoms with Crippen LogP contribution in [0.2, 0.25) is 0 Å². The maximum Gasteiger partial charge on any atom is 0.0930 e. The second-order valence-corrected chi connectivity index (χ2v) is 6.73. The number of hydrogen-bond donors (Lipinski definition) is 1. The Labute approximate surface area is 121 Å². The van der Waals surface area contributed by atoms with Gasteiger partial charge in [-0.3, -0.25) is 0 Å². The molecule has 0 aromatic carbocycles. The predicted molar refractivity (Wildman–Crippen MR) is 82.9 cm³/mol. The maximum atomic E-state index is 4.62. The van der Waals surface area contributed by atoms with E-state index in [1.165, 1.54) is 61.6 Å². The molecule has 1 atom stereocenters. The number of aromatic nitrogens is 1. The van der Waals surface area contributed by atoms with E-state index in [2.05, 4.69) is 28.3 Å². The smallest absolute Gasteiger partial charge is 0.0930 e. The minimum Gasteiger partial charge on any atom is -0.320 e. The minimum atomic E-state index is 0.824. The van der Waals surface area contributed by atoms with E-state index in [4.69, 9.17) is 0 Å². The highest BCUT2D eigenvalue weighted by molar-refractivity contribution is 7.11. The quantitative estimate of drug-likeness (QED) is 0.779. The molecule has 19 heavy (non-hydrogen) atoms. The fraction of sp³-hybridized carbons (Fsp3) is 0.800. The lowest BCUT2D eigenvalue weighted by atomic mass is 9.95. The van der Waals surface area contributed by atoms with Gasteiger partial charge in [-0.1, -0.05) is 6.92 Å². The third-order valence-corrected chi connectivity index (χ3v) is 5.04.